The molecule has 5 nitrogen and oxygen atoms in total. The van der Waals surface area contributed by atoms with E-state index in [0.717, 1.165) is 22.1 Å². The van der Waals surface area contributed by atoms with Crippen molar-refractivity contribution in [1.29, 1.82) is 0 Å². The van der Waals surface area contributed by atoms with Crippen LogP contribution in [0.1, 0.15) is 23.6 Å². The Morgan fingerprint density at radius 3 is 2.62 bits per heavy atom. The van der Waals surface area contributed by atoms with Gasteiger partial charge >= 0.3 is 5.63 Å². The molecule has 152 valence electrons. The first-order valence-corrected chi connectivity index (χ1v) is 9.70. The number of fused-ring (bicyclic) bond motifs is 1. The molecule has 0 aliphatic rings. The summed E-state index contributed by atoms with van der Waals surface area (Å²) in [7, 11) is 0. The quantitative estimate of drug-likeness (QED) is 0.590. The summed E-state index contributed by atoms with van der Waals surface area (Å²) in [6, 6.07) is 11.0. The van der Waals surface area contributed by atoms with Gasteiger partial charge in [-0.15, -0.1) is 0 Å². The van der Waals surface area contributed by atoms with Gasteiger partial charge in [0.25, 0.3) is 0 Å². The van der Waals surface area contributed by atoms with Gasteiger partial charge in [-0.3, -0.25) is 9.69 Å². The van der Waals surface area contributed by atoms with E-state index in [4.69, 9.17) is 16.0 Å². The molecule has 3 rings (SSSR count). The van der Waals surface area contributed by atoms with E-state index >= 15 is 0 Å². The third kappa shape index (κ3) is 5.43. The van der Waals surface area contributed by atoms with Crippen LogP contribution < -0.4 is 10.9 Å². The fourth-order valence-corrected chi connectivity index (χ4v) is 3.23. The highest BCUT2D eigenvalue weighted by Gasteiger charge is 2.14. The molecule has 1 aromatic heterocycles. The zero-order valence-corrected chi connectivity index (χ0v) is 17.1. The summed E-state index contributed by atoms with van der Waals surface area (Å²) in [5.41, 5.74) is 2.44. The van der Waals surface area contributed by atoms with E-state index < -0.39 is 5.63 Å². The molecule has 0 aliphatic heterocycles. The molecule has 0 fully saturated rings. The Kier molecular flexibility index (Phi) is 6.67. The number of carbonyl (C=O) groups is 1. The van der Waals surface area contributed by atoms with Crippen LogP contribution in [-0.2, 0) is 17.9 Å². The molecule has 0 unspecified atom stereocenters. The largest absolute Gasteiger partial charge is 0.423 e. The van der Waals surface area contributed by atoms with E-state index in [2.05, 4.69) is 5.32 Å². The maximum Gasteiger partial charge on any atom is 0.336 e. The Hall–Kier alpha value is -2.70. The number of amides is 1. The molecule has 1 heterocycles. The standard InChI is InChI=1S/C22H22ClFN2O3/c1-3-26(13-21(27)25-11-15-4-6-17(24)7-5-15)12-16-9-22(28)29-20-8-14(2)19(23)10-18(16)20/h4-10H,3,11-13H2,1-2H3,(H,25,27). The van der Waals surface area contributed by atoms with Crippen molar-refractivity contribution in [2.45, 2.75) is 26.9 Å². The molecule has 1 N–H and O–H groups in total. The molecule has 0 saturated heterocycles. The number of nitrogens with zero attached hydrogens (tertiary/aromatic N) is 1. The van der Waals surface area contributed by atoms with Gasteiger partial charge in [0.1, 0.15) is 11.4 Å². The third-order valence-electron chi connectivity index (χ3n) is 4.72. The number of nitrogens with one attached hydrogen (secondary N) is 1. The van der Waals surface area contributed by atoms with Crippen LogP contribution in [0.2, 0.25) is 5.02 Å². The van der Waals surface area contributed by atoms with Gasteiger partial charge in [0.05, 0.1) is 6.54 Å². The Labute approximate surface area is 173 Å². The summed E-state index contributed by atoms with van der Waals surface area (Å²) < 4.78 is 18.3. The predicted molar refractivity (Wildman–Crippen MR) is 111 cm³/mol. The summed E-state index contributed by atoms with van der Waals surface area (Å²) in [4.78, 5) is 26.2. The average Bonchev–Trinajstić information content (AvgIpc) is 2.68. The van der Waals surface area contributed by atoms with Crippen molar-refractivity contribution in [1.82, 2.24) is 10.2 Å². The summed E-state index contributed by atoms with van der Waals surface area (Å²) in [6.07, 6.45) is 0. The van der Waals surface area contributed by atoms with Crippen LogP contribution >= 0.6 is 11.6 Å². The molecule has 7 heteroatoms. The predicted octanol–water partition coefficient (Wildman–Crippen LogP) is 4.03. The molecule has 0 spiro atoms. The minimum Gasteiger partial charge on any atom is -0.423 e. The van der Waals surface area contributed by atoms with Gasteiger partial charge in [0, 0.05) is 29.6 Å². The number of halogens is 2. The van der Waals surface area contributed by atoms with Gasteiger partial charge in [-0.1, -0.05) is 30.7 Å². The number of aryl methyl sites for hydroxylation is 1. The van der Waals surface area contributed by atoms with E-state index in [1.165, 1.54) is 18.2 Å². The van der Waals surface area contributed by atoms with Crippen LogP contribution in [0.5, 0.6) is 0 Å². The summed E-state index contributed by atoms with van der Waals surface area (Å²) in [5.74, 6) is -0.468. The lowest BCUT2D eigenvalue weighted by molar-refractivity contribution is -0.122. The molecular formula is C22H22ClFN2O3. The van der Waals surface area contributed by atoms with Crippen molar-refractivity contribution in [3.05, 3.63) is 80.4 Å². The molecule has 0 bridgehead atoms. The Morgan fingerprint density at radius 2 is 1.93 bits per heavy atom. The van der Waals surface area contributed by atoms with Crippen LogP contribution in [0.15, 0.2) is 51.7 Å². The van der Waals surface area contributed by atoms with Gasteiger partial charge in [0.15, 0.2) is 0 Å². The smallest absolute Gasteiger partial charge is 0.336 e. The zero-order valence-electron chi connectivity index (χ0n) is 16.3. The maximum absolute atomic E-state index is 13.0. The number of benzene rings is 2. The number of rotatable bonds is 7. The van der Waals surface area contributed by atoms with Gasteiger partial charge in [-0.25, -0.2) is 9.18 Å². The van der Waals surface area contributed by atoms with Crippen LogP contribution in [-0.4, -0.2) is 23.9 Å². The Morgan fingerprint density at radius 1 is 1.21 bits per heavy atom. The van der Waals surface area contributed by atoms with E-state index in [1.807, 2.05) is 18.7 Å². The SMILES string of the molecule is CCN(CC(=O)NCc1ccc(F)cc1)Cc1cc(=O)oc2cc(C)c(Cl)cc12. The zero-order chi connectivity index (χ0) is 21.0. The molecule has 0 radical (unpaired) electrons. The molecule has 0 atom stereocenters. The molecule has 29 heavy (non-hydrogen) atoms. The first-order valence-electron chi connectivity index (χ1n) is 9.32. The van der Waals surface area contributed by atoms with Crippen molar-refractivity contribution in [3.8, 4) is 0 Å². The maximum atomic E-state index is 13.0. The first kappa shape index (κ1) is 21.0. The second-order valence-electron chi connectivity index (χ2n) is 6.89. The van der Waals surface area contributed by atoms with E-state index in [-0.39, 0.29) is 18.3 Å². The number of carbonyl (C=O) groups excluding carboxylic acids is 1. The molecule has 2 aromatic carbocycles. The van der Waals surface area contributed by atoms with Gasteiger partial charge < -0.3 is 9.73 Å². The van der Waals surface area contributed by atoms with E-state index in [1.54, 1.807) is 24.3 Å². The lowest BCUT2D eigenvalue weighted by atomic mass is 10.1. The summed E-state index contributed by atoms with van der Waals surface area (Å²) >= 11 is 6.24. The molecule has 0 saturated carbocycles. The van der Waals surface area contributed by atoms with Crippen LogP contribution in [0.25, 0.3) is 11.0 Å². The monoisotopic (exact) mass is 416 g/mol. The van der Waals surface area contributed by atoms with Gasteiger partial charge in [-0.05, 0) is 54.4 Å². The number of hydrogen-bond acceptors (Lipinski definition) is 4. The van der Waals surface area contributed by atoms with Crippen molar-refractivity contribution in [2.24, 2.45) is 0 Å². The average molecular weight is 417 g/mol. The van der Waals surface area contributed by atoms with Crippen molar-refractivity contribution >= 4 is 28.5 Å². The topological polar surface area (TPSA) is 62.6 Å². The second kappa shape index (κ2) is 9.20. The van der Waals surface area contributed by atoms with Crippen LogP contribution in [0.3, 0.4) is 0 Å². The number of hydrogen-bond donors (Lipinski definition) is 1. The fraction of sp³-hybridized carbons (Fsp3) is 0.273. The lowest BCUT2D eigenvalue weighted by Crippen LogP contribution is -2.36. The van der Waals surface area contributed by atoms with E-state index in [0.29, 0.717) is 30.2 Å². The van der Waals surface area contributed by atoms with Gasteiger partial charge in [-0.2, -0.15) is 0 Å². The molecule has 0 aliphatic carbocycles. The second-order valence-corrected chi connectivity index (χ2v) is 7.30. The number of likely N-dealkylation sites (N-methyl/N-ethyl adjacent to an activating group) is 1. The highest BCUT2D eigenvalue weighted by Crippen LogP contribution is 2.25. The fourth-order valence-electron chi connectivity index (χ4n) is 3.06. The van der Waals surface area contributed by atoms with Gasteiger partial charge in [0.2, 0.25) is 5.91 Å². The molecular weight excluding hydrogens is 395 g/mol. The Balaban J connectivity index is 1.71. The highest BCUT2D eigenvalue weighted by molar-refractivity contribution is 6.32. The van der Waals surface area contributed by atoms with E-state index in [9.17, 15) is 14.0 Å². The normalized spacial score (nSPS) is 11.2. The lowest BCUT2D eigenvalue weighted by Gasteiger charge is -2.20. The van der Waals surface area contributed by atoms with Crippen molar-refractivity contribution in [3.63, 3.8) is 0 Å². The third-order valence-corrected chi connectivity index (χ3v) is 5.13. The first-order chi connectivity index (χ1) is 13.9. The van der Waals surface area contributed by atoms with Crippen molar-refractivity contribution < 1.29 is 13.6 Å². The van der Waals surface area contributed by atoms with Crippen LogP contribution in [0.4, 0.5) is 4.39 Å². The molecule has 3 aromatic rings. The highest BCUT2D eigenvalue weighted by atomic mass is 35.5. The summed E-state index contributed by atoms with van der Waals surface area (Å²) in [6.45, 7) is 5.30. The molecule has 1 amide bonds. The minimum atomic E-state index is -0.439. The van der Waals surface area contributed by atoms with Crippen molar-refractivity contribution in [2.75, 3.05) is 13.1 Å². The Bertz CT molecular complexity index is 1080. The minimum absolute atomic E-state index is 0.155. The summed E-state index contributed by atoms with van der Waals surface area (Å²) in [5, 5.41) is 4.18. The van der Waals surface area contributed by atoms with Crippen LogP contribution in [0, 0.1) is 12.7 Å².